The largest absolute Gasteiger partial charge is 0.472 e. The van der Waals surface area contributed by atoms with Gasteiger partial charge >= 0.3 is 7.82 Å². The van der Waals surface area contributed by atoms with Gasteiger partial charge in [0.2, 0.25) is 5.91 Å². The molecule has 406 valence electrons. The van der Waals surface area contributed by atoms with E-state index in [-0.39, 0.29) is 19.1 Å². The van der Waals surface area contributed by atoms with Crippen LogP contribution in [0.1, 0.15) is 277 Å². The molecular formula is C60H116N2O6P+. The number of hydrogen-bond donors (Lipinski definition) is 3. The van der Waals surface area contributed by atoms with Gasteiger partial charge in [0, 0.05) is 6.42 Å². The fourth-order valence-corrected chi connectivity index (χ4v) is 9.34. The molecule has 8 nitrogen and oxygen atoms in total. The normalized spacial score (nSPS) is 14.2. The average molecular weight is 993 g/mol. The highest BCUT2D eigenvalue weighted by molar-refractivity contribution is 7.47. The number of aliphatic hydroxyl groups is 1. The summed E-state index contributed by atoms with van der Waals surface area (Å²) in [5, 5.41) is 13.9. The minimum atomic E-state index is -4.36. The number of aliphatic hydroxyl groups excluding tert-OH is 1. The fourth-order valence-electron chi connectivity index (χ4n) is 8.60. The van der Waals surface area contributed by atoms with Crippen molar-refractivity contribution in [2.24, 2.45) is 0 Å². The van der Waals surface area contributed by atoms with E-state index in [0.717, 1.165) is 57.8 Å². The smallest absolute Gasteiger partial charge is 0.387 e. The van der Waals surface area contributed by atoms with Gasteiger partial charge in [-0.1, -0.05) is 249 Å². The van der Waals surface area contributed by atoms with Crippen molar-refractivity contribution in [3.05, 3.63) is 48.6 Å². The van der Waals surface area contributed by atoms with Gasteiger partial charge in [0.05, 0.1) is 39.9 Å². The summed E-state index contributed by atoms with van der Waals surface area (Å²) >= 11 is 0. The van der Waals surface area contributed by atoms with Crippen LogP contribution >= 0.6 is 7.82 Å². The summed E-state index contributed by atoms with van der Waals surface area (Å²) in [4.78, 5) is 23.2. The standard InChI is InChI=1S/C60H115N2O6P/c1-6-8-10-12-14-16-18-20-22-24-25-26-27-28-29-30-31-32-33-34-35-36-37-38-39-41-43-45-47-49-51-53-59(63)58(57-68-69(65,66)67-56-55-62(3,4)5)61-60(64)54-52-50-48-46-44-42-40-23-21-19-17-15-13-11-9-7-2/h23,37-38,40,43,45,51,53,58-59,63H,6-22,24-36,39,41-42,44,46-50,52,54-57H2,1-5H3,(H-,61,64,65,66)/p+1/b38-37+,40-23-,45-43+,53-51+. The Labute approximate surface area is 429 Å². The van der Waals surface area contributed by atoms with E-state index in [0.29, 0.717) is 17.4 Å². The summed E-state index contributed by atoms with van der Waals surface area (Å²) in [6.45, 7) is 4.80. The van der Waals surface area contributed by atoms with Gasteiger partial charge in [0.1, 0.15) is 13.2 Å². The number of quaternary nitrogens is 1. The molecule has 0 radical (unpaired) electrons. The van der Waals surface area contributed by atoms with Crippen molar-refractivity contribution in [2.45, 2.75) is 289 Å². The molecule has 0 aliphatic carbocycles. The van der Waals surface area contributed by atoms with Gasteiger partial charge in [-0.25, -0.2) is 4.57 Å². The van der Waals surface area contributed by atoms with Gasteiger partial charge in [0.25, 0.3) is 0 Å². The lowest BCUT2D eigenvalue weighted by Gasteiger charge is -2.25. The molecule has 0 bridgehead atoms. The molecule has 0 aromatic heterocycles. The second kappa shape index (κ2) is 51.4. The Kier molecular flexibility index (Phi) is 50.2. The molecule has 9 heteroatoms. The van der Waals surface area contributed by atoms with Crippen LogP contribution in [-0.2, 0) is 18.4 Å². The van der Waals surface area contributed by atoms with E-state index in [4.69, 9.17) is 9.05 Å². The maximum absolute atomic E-state index is 12.9. The van der Waals surface area contributed by atoms with Crippen LogP contribution in [0, 0.1) is 0 Å². The minimum Gasteiger partial charge on any atom is -0.387 e. The number of rotatable bonds is 54. The Morgan fingerprint density at radius 1 is 0.478 bits per heavy atom. The third-order valence-electron chi connectivity index (χ3n) is 13.2. The van der Waals surface area contributed by atoms with Gasteiger partial charge in [-0.05, 0) is 70.6 Å². The number of phosphoric acid groups is 1. The molecule has 3 atom stereocenters. The third-order valence-corrected chi connectivity index (χ3v) is 14.2. The van der Waals surface area contributed by atoms with Crippen LogP contribution in [0.25, 0.3) is 0 Å². The van der Waals surface area contributed by atoms with E-state index in [1.54, 1.807) is 6.08 Å². The number of hydrogen-bond acceptors (Lipinski definition) is 5. The summed E-state index contributed by atoms with van der Waals surface area (Å²) in [5.74, 6) is -0.198. The molecular weight excluding hydrogens is 876 g/mol. The van der Waals surface area contributed by atoms with Crippen LogP contribution in [0.4, 0.5) is 0 Å². The molecule has 69 heavy (non-hydrogen) atoms. The van der Waals surface area contributed by atoms with Crippen molar-refractivity contribution in [3.63, 3.8) is 0 Å². The quantitative estimate of drug-likeness (QED) is 0.0243. The number of nitrogens with zero attached hydrogens (tertiary/aromatic N) is 1. The van der Waals surface area contributed by atoms with Crippen molar-refractivity contribution < 1.29 is 32.9 Å². The highest BCUT2D eigenvalue weighted by Gasteiger charge is 2.27. The summed E-state index contributed by atoms with van der Waals surface area (Å²) in [6.07, 6.45) is 68.1. The lowest BCUT2D eigenvalue weighted by molar-refractivity contribution is -0.870. The molecule has 0 saturated carbocycles. The van der Waals surface area contributed by atoms with Crippen LogP contribution in [-0.4, -0.2) is 73.4 Å². The first-order valence-corrected chi connectivity index (χ1v) is 31.0. The van der Waals surface area contributed by atoms with Crippen molar-refractivity contribution in [1.82, 2.24) is 5.32 Å². The van der Waals surface area contributed by atoms with E-state index in [9.17, 15) is 19.4 Å². The van der Waals surface area contributed by atoms with E-state index < -0.39 is 20.0 Å². The highest BCUT2D eigenvalue weighted by Crippen LogP contribution is 2.43. The Hall–Kier alpha value is -1.54. The van der Waals surface area contributed by atoms with Gasteiger partial charge < -0.3 is 19.8 Å². The molecule has 0 spiro atoms. The number of allylic oxidation sites excluding steroid dienone is 7. The molecule has 0 aromatic carbocycles. The maximum atomic E-state index is 12.9. The number of nitrogens with one attached hydrogen (secondary N) is 1. The molecule has 0 aliphatic heterocycles. The van der Waals surface area contributed by atoms with Gasteiger partial charge in [-0.2, -0.15) is 0 Å². The average Bonchev–Trinajstić information content (AvgIpc) is 3.31. The van der Waals surface area contributed by atoms with Crippen molar-refractivity contribution >= 4 is 13.7 Å². The Balaban J connectivity index is 4.20. The van der Waals surface area contributed by atoms with Crippen LogP contribution < -0.4 is 5.32 Å². The SMILES string of the molecule is CCCCCCCCC/C=C\CCCCCCCC(=O)NC(COP(=O)(O)OCC[N+](C)(C)C)C(O)/C=C/CC/C=C/CC/C=C/CCCCCCCCCCCCCCCCCCCCCCC. The van der Waals surface area contributed by atoms with Gasteiger partial charge in [0.15, 0.2) is 0 Å². The second-order valence-electron chi connectivity index (χ2n) is 21.3. The molecule has 0 heterocycles. The van der Waals surface area contributed by atoms with E-state index in [1.165, 1.54) is 199 Å². The Morgan fingerprint density at radius 3 is 1.16 bits per heavy atom. The Morgan fingerprint density at radius 2 is 0.797 bits per heavy atom. The van der Waals surface area contributed by atoms with Crippen molar-refractivity contribution in [1.29, 1.82) is 0 Å². The van der Waals surface area contributed by atoms with Gasteiger partial charge in [-0.3, -0.25) is 13.8 Å². The monoisotopic (exact) mass is 992 g/mol. The van der Waals surface area contributed by atoms with Crippen LogP contribution in [0.5, 0.6) is 0 Å². The Bertz CT molecular complexity index is 1260. The molecule has 0 aromatic rings. The highest BCUT2D eigenvalue weighted by atomic mass is 31.2. The summed E-state index contributed by atoms with van der Waals surface area (Å²) < 4.78 is 23.7. The second-order valence-corrected chi connectivity index (χ2v) is 22.8. The first-order chi connectivity index (χ1) is 33.5. The number of likely N-dealkylation sites (N-methyl/N-ethyl adjacent to an activating group) is 1. The number of unbranched alkanes of at least 4 members (excludes halogenated alkanes) is 35. The predicted molar refractivity (Wildman–Crippen MR) is 300 cm³/mol. The van der Waals surface area contributed by atoms with Crippen LogP contribution in [0.2, 0.25) is 0 Å². The lowest BCUT2D eigenvalue weighted by Crippen LogP contribution is -2.45. The lowest BCUT2D eigenvalue weighted by atomic mass is 10.0. The van der Waals surface area contributed by atoms with Gasteiger partial charge in [-0.15, -0.1) is 0 Å². The van der Waals surface area contributed by atoms with Crippen LogP contribution in [0.15, 0.2) is 48.6 Å². The molecule has 0 rings (SSSR count). The fraction of sp³-hybridized carbons (Fsp3) is 0.850. The van der Waals surface area contributed by atoms with E-state index in [1.807, 2.05) is 27.2 Å². The first-order valence-electron chi connectivity index (χ1n) is 29.5. The van der Waals surface area contributed by atoms with Crippen molar-refractivity contribution in [2.75, 3.05) is 40.9 Å². The molecule has 0 fully saturated rings. The molecule has 1 amide bonds. The number of carbonyl (C=O) groups excluding carboxylic acids is 1. The number of carbonyl (C=O) groups is 1. The summed E-state index contributed by atoms with van der Waals surface area (Å²) in [7, 11) is 1.54. The molecule has 3 unspecified atom stereocenters. The maximum Gasteiger partial charge on any atom is 0.472 e. The van der Waals surface area contributed by atoms with E-state index >= 15 is 0 Å². The zero-order valence-electron chi connectivity index (χ0n) is 46.3. The zero-order chi connectivity index (χ0) is 50.6. The minimum absolute atomic E-state index is 0.0514. The number of phosphoric ester groups is 1. The summed E-state index contributed by atoms with van der Waals surface area (Å²) in [5.41, 5.74) is 0. The molecule has 0 aliphatic rings. The van der Waals surface area contributed by atoms with Crippen molar-refractivity contribution in [3.8, 4) is 0 Å². The predicted octanol–water partition coefficient (Wildman–Crippen LogP) is 17.9. The zero-order valence-corrected chi connectivity index (χ0v) is 47.2. The number of amides is 1. The molecule has 0 saturated heterocycles. The first kappa shape index (κ1) is 67.5. The molecule has 3 N–H and O–H groups in total. The van der Waals surface area contributed by atoms with Crippen LogP contribution in [0.3, 0.4) is 0 Å². The topological polar surface area (TPSA) is 105 Å². The van der Waals surface area contributed by atoms with E-state index in [2.05, 4.69) is 55.6 Å². The third kappa shape index (κ3) is 54.1. The summed E-state index contributed by atoms with van der Waals surface area (Å²) in [6, 6.07) is -0.875.